The minimum Gasteiger partial charge on any atom is -0.477 e. The number of nitrogens with one attached hydrogen (secondary N) is 1. The lowest BCUT2D eigenvalue weighted by atomic mass is 10.2. The molecule has 0 unspecified atom stereocenters. The number of carboxylic acids is 1. The van der Waals surface area contributed by atoms with Crippen molar-refractivity contribution in [2.45, 2.75) is 10.6 Å². The van der Waals surface area contributed by atoms with Crippen LogP contribution in [0.5, 0.6) is 5.75 Å². The molecule has 10 heteroatoms. The van der Waals surface area contributed by atoms with Crippen LogP contribution in [-0.4, -0.2) is 29.5 Å². The Morgan fingerprint density at radius 3 is 2.72 bits per heavy atom. The summed E-state index contributed by atoms with van der Waals surface area (Å²) in [7, 11) is 1.68. The molecule has 0 aliphatic heterocycles. The van der Waals surface area contributed by atoms with E-state index in [-0.39, 0.29) is 5.69 Å². The molecule has 0 fully saturated rings. The van der Waals surface area contributed by atoms with Gasteiger partial charge >= 0.3 is 12.3 Å². The zero-order valence-electron chi connectivity index (χ0n) is 12.6. The number of hydrogen-bond donors (Lipinski definition) is 2. The summed E-state index contributed by atoms with van der Waals surface area (Å²) in [5, 5.41) is 11.3. The van der Waals surface area contributed by atoms with Gasteiger partial charge in [-0.15, -0.1) is 24.5 Å². The lowest BCUT2D eigenvalue weighted by molar-refractivity contribution is -0.274. The highest BCUT2D eigenvalue weighted by Crippen LogP contribution is 2.38. The van der Waals surface area contributed by atoms with Crippen molar-refractivity contribution in [3.05, 3.63) is 41.4 Å². The van der Waals surface area contributed by atoms with E-state index in [0.29, 0.717) is 16.6 Å². The van der Waals surface area contributed by atoms with Crippen LogP contribution in [0.15, 0.2) is 39.9 Å². The number of aromatic carboxylic acids is 1. The molecule has 0 saturated heterocycles. The number of ether oxygens (including phenoxy) is 1. The zero-order valence-corrected chi connectivity index (χ0v) is 14.3. The van der Waals surface area contributed by atoms with Gasteiger partial charge in [-0.05, 0) is 35.5 Å². The van der Waals surface area contributed by atoms with Crippen LogP contribution in [0.25, 0.3) is 10.9 Å². The number of fused-ring (bicyclic) bond motifs is 1. The number of carbonyl (C=O) groups is 1. The summed E-state index contributed by atoms with van der Waals surface area (Å²) in [6.07, 6.45) is -4.84. The first kappa shape index (κ1) is 17.5. The van der Waals surface area contributed by atoms with Crippen molar-refractivity contribution in [2.75, 3.05) is 11.4 Å². The molecule has 0 amide bonds. The van der Waals surface area contributed by atoms with E-state index < -0.39 is 18.1 Å². The second kappa shape index (κ2) is 6.52. The highest BCUT2D eigenvalue weighted by Gasteiger charge is 2.32. The molecule has 0 radical (unpaired) electrons. The number of nitrogens with zero attached hydrogens (tertiary/aromatic N) is 1. The minimum absolute atomic E-state index is 0.116. The van der Waals surface area contributed by atoms with Crippen LogP contribution in [0.4, 0.5) is 18.9 Å². The van der Waals surface area contributed by atoms with Crippen LogP contribution in [0.3, 0.4) is 0 Å². The third kappa shape index (κ3) is 4.02. The number of H-pyrrole nitrogens is 1. The van der Waals surface area contributed by atoms with Crippen LogP contribution in [0, 0.1) is 0 Å². The van der Waals surface area contributed by atoms with E-state index in [9.17, 15) is 18.0 Å². The number of aromatic nitrogens is 1. The monoisotopic (exact) mass is 388 g/mol. The predicted molar refractivity (Wildman–Crippen MR) is 90.5 cm³/mol. The van der Waals surface area contributed by atoms with E-state index >= 15 is 0 Å². The third-order valence-electron chi connectivity index (χ3n) is 3.21. The molecule has 0 bridgehead atoms. The number of aromatic amines is 1. The summed E-state index contributed by atoms with van der Waals surface area (Å²) < 4.78 is 44.3. The Morgan fingerprint density at radius 2 is 2.12 bits per heavy atom. The number of halogens is 3. The van der Waals surface area contributed by atoms with E-state index in [1.165, 1.54) is 35.4 Å². The van der Waals surface area contributed by atoms with Crippen molar-refractivity contribution in [2.24, 2.45) is 0 Å². The Labute approximate surface area is 148 Å². The number of rotatable bonds is 5. The molecule has 2 heterocycles. The Balaban J connectivity index is 2.07. The summed E-state index contributed by atoms with van der Waals surface area (Å²) in [5.41, 5.74) is 0.677. The van der Waals surface area contributed by atoms with Crippen molar-refractivity contribution in [3.8, 4) is 5.75 Å². The molecule has 25 heavy (non-hydrogen) atoms. The molecule has 0 aliphatic carbocycles. The average Bonchev–Trinajstić information content (AvgIpc) is 3.13. The van der Waals surface area contributed by atoms with Gasteiger partial charge in [0.1, 0.15) is 11.4 Å². The number of thiophene rings is 1. The van der Waals surface area contributed by atoms with E-state index in [1.54, 1.807) is 11.4 Å². The molecule has 2 aromatic heterocycles. The molecule has 0 spiro atoms. The van der Waals surface area contributed by atoms with Crippen molar-refractivity contribution in [1.82, 2.24) is 4.98 Å². The van der Waals surface area contributed by atoms with Gasteiger partial charge in [0.15, 0.2) is 0 Å². The standard InChI is InChI=1S/C15H11F3N2O3S2/c1-20(25-12-3-2-4-24-12)11-7-9(23-15(16,17)18)5-8-6-10(14(21)22)19-13(8)11/h2-7,19H,1H3,(H,21,22). The SMILES string of the molecule is CN(Sc1cccs1)c1cc(OC(F)(F)F)cc2cc(C(=O)O)[nH]c12. The third-order valence-corrected chi connectivity index (χ3v) is 5.17. The number of carboxylic acid groups (broad SMARTS) is 1. The maximum absolute atomic E-state index is 12.6. The Kier molecular flexibility index (Phi) is 4.56. The second-order valence-corrected chi connectivity index (χ2v) is 7.34. The van der Waals surface area contributed by atoms with Gasteiger partial charge in [0.05, 0.1) is 15.4 Å². The first-order valence-corrected chi connectivity index (χ1v) is 8.49. The molecule has 3 aromatic rings. The number of benzene rings is 1. The second-order valence-electron chi connectivity index (χ2n) is 4.96. The maximum atomic E-state index is 12.6. The molecule has 0 atom stereocenters. The molecule has 3 rings (SSSR count). The fraction of sp³-hybridized carbons (Fsp3) is 0.133. The summed E-state index contributed by atoms with van der Waals surface area (Å²) in [4.78, 5) is 13.9. The van der Waals surface area contributed by atoms with E-state index in [1.807, 2.05) is 17.5 Å². The zero-order chi connectivity index (χ0) is 18.2. The van der Waals surface area contributed by atoms with Gasteiger partial charge in [-0.1, -0.05) is 6.07 Å². The molecular formula is C15H11F3N2O3S2. The lowest BCUT2D eigenvalue weighted by Gasteiger charge is -2.19. The first-order valence-electron chi connectivity index (χ1n) is 6.84. The summed E-state index contributed by atoms with van der Waals surface area (Å²) >= 11 is 2.79. The smallest absolute Gasteiger partial charge is 0.477 e. The van der Waals surface area contributed by atoms with E-state index in [2.05, 4.69) is 9.72 Å². The van der Waals surface area contributed by atoms with Gasteiger partial charge in [0.2, 0.25) is 0 Å². The number of anilines is 1. The lowest BCUT2D eigenvalue weighted by Crippen LogP contribution is -2.17. The normalized spacial score (nSPS) is 11.7. The van der Waals surface area contributed by atoms with Crippen LogP contribution in [0.2, 0.25) is 0 Å². The topological polar surface area (TPSA) is 65.6 Å². The highest BCUT2D eigenvalue weighted by molar-refractivity contribution is 8.02. The van der Waals surface area contributed by atoms with Gasteiger partial charge in [0.25, 0.3) is 0 Å². The van der Waals surface area contributed by atoms with Gasteiger partial charge in [-0.3, -0.25) is 0 Å². The van der Waals surface area contributed by atoms with E-state index in [0.717, 1.165) is 10.3 Å². The van der Waals surface area contributed by atoms with Crippen LogP contribution in [-0.2, 0) is 0 Å². The first-order chi connectivity index (χ1) is 11.7. The molecular weight excluding hydrogens is 377 g/mol. The Bertz CT molecular complexity index is 907. The summed E-state index contributed by atoms with van der Waals surface area (Å²) in [6, 6.07) is 7.37. The van der Waals surface area contributed by atoms with Crippen LogP contribution >= 0.6 is 23.3 Å². The number of hydrogen-bond acceptors (Lipinski definition) is 5. The van der Waals surface area contributed by atoms with Gasteiger partial charge in [0, 0.05) is 18.5 Å². The summed E-state index contributed by atoms with van der Waals surface area (Å²) in [5.74, 6) is -1.61. The van der Waals surface area contributed by atoms with Crippen molar-refractivity contribution < 1.29 is 27.8 Å². The predicted octanol–water partition coefficient (Wildman–Crippen LogP) is 4.97. The molecule has 1 aromatic carbocycles. The molecule has 132 valence electrons. The van der Waals surface area contributed by atoms with Crippen molar-refractivity contribution in [1.29, 1.82) is 0 Å². The largest absolute Gasteiger partial charge is 0.573 e. The molecule has 2 N–H and O–H groups in total. The Hall–Kier alpha value is -2.33. The average molecular weight is 388 g/mol. The van der Waals surface area contributed by atoms with Crippen LogP contribution < -0.4 is 9.04 Å². The van der Waals surface area contributed by atoms with Gasteiger partial charge in [-0.25, -0.2) is 4.79 Å². The van der Waals surface area contributed by atoms with E-state index in [4.69, 9.17) is 5.11 Å². The van der Waals surface area contributed by atoms with Crippen LogP contribution in [0.1, 0.15) is 10.5 Å². The molecule has 0 saturated carbocycles. The van der Waals surface area contributed by atoms with Gasteiger partial charge < -0.3 is 19.1 Å². The van der Waals surface area contributed by atoms with Crippen molar-refractivity contribution >= 4 is 45.8 Å². The quantitative estimate of drug-likeness (QED) is 0.604. The maximum Gasteiger partial charge on any atom is 0.573 e. The van der Waals surface area contributed by atoms with Crippen molar-refractivity contribution in [3.63, 3.8) is 0 Å². The fourth-order valence-corrected chi connectivity index (χ4v) is 4.03. The van der Waals surface area contributed by atoms with Gasteiger partial charge in [-0.2, -0.15) is 0 Å². The Morgan fingerprint density at radius 1 is 1.36 bits per heavy atom. The molecule has 5 nitrogen and oxygen atoms in total. The number of alkyl halides is 3. The summed E-state index contributed by atoms with van der Waals surface area (Å²) in [6.45, 7) is 0. The highest BCUT2D eigenvalue weighted by atomic mass is 32.2. The fourth-order valence-electron chi connectivity index (χ4n) is 2.25. The molecule has 0 aliphatic rings. The minimum atomic E-state index is -4.84.